The molecule has 0 amide bonds. The Labute approximate surface area is 385 Å². The fourth-order valence-corrected chi connectivity index (χ4v) is 7.29. The molecule has 2 aliphatic heterocycles. The standard InChI is InChI=1S/2C10H16N2O11P2.3Ca/c2*1-5-3-12(10(15)11-9(5)14)8-2-6(13)7(22-8)4-21-25(19,20)23-24(16,17)18;;;/h2*3,6-8,13H,2,4H2,1H3,(H,19,20)(H,11,14,15)(H2,16,17,18);;;/q;;3*+2/p-6/t2*6-,7+,8+;;;/m00.../s1. The van der Waals surface area contributed by atoms with E-state index in [9.17, 15) is 77.0 Å². The number of H-pyrrole nitrogens is 2. The van der Waals surface area contributed by atoms with Gasteiger partial charge >= 0.3 is 125 Å². The van der Waals surface area contributed by atoms with Gasteiger partial charge in [-0.05, 0) is 13.8 Å². The van der Waals surface area contributed by atoms with Gasteiger partial charge in [-0.2, -0.15) is 0 Å². The number of phosphoric ester groups is 2. The second-order valence-corrected chi connectivity index (χ2v) is 15.8. The maximum Gasteiger partial charge on any atom is 2.00 e. The summed E-state index contributed by atoms with van der Waals surface area (Å²) in [7, 11) is -22.6. The molecule has 0 aromatic carbocycles. The molecule has 0 bridgehead atoms. The Morgan fingerprint density at radius 1 is 0.679 bits per heavy atom. The Hall–Kier alpha value is 1.50. The first-order valence-corrected chi connectivity index (χ1v) is 19.3. The number of ether oxygens (including phenoxy) is 2. The van der Waals surface area contributed by atoms with Crippen LogP contribution >= 0.6 is 31.3 Å². The zero-order chi connectivity index (χ0) is 38.0. The normalized spacial score (nSPS) is 25.0. The van der Waals surface area contributed by atoms with Gasteiger partial charge in [-0.15, -0.1) is 0 Å². The molecule has 0 spiro atoms. The number of nitrogens with zero attached hydrogens (tertiary/aromatic N) is 2. The Morgan fingerprint density at radius 2 is 0.981 bits per heavy atom. The number of nitrogens with one attached hydrogen (secondary N) is 2. The summed E-state index contributed by atoms with van der Waals surface area (Å²) in [5.41, 5.74) is -2.38. The predicted octanol–water partition coefficient (Wildman–Crippen LogP) is -7.49. The molecule has 2 fully saturated rings. The van der Waals surface area contributed by atoms with Gasteiger partial charge in [-0.1, -0.05) is 0 Å². The molecule has 33 heteroatoms. The first-order chi connectivity index (χ1) is 22.8. The first-order valence-electron chi connectivity index (χ1n) is 13.4. The van der Waals surface area contributed by atoms with Gasteiger partial charge in [-0.3, -0.25) is 46.4 Å². The Kier molecular flexibility index (Phi) is 22.8. The van der Waals surface area contributed by atoms with E-state index < -0.39 is 104 Å². The smallest absolute Gasteiger partial charge is 0.790 e. The summed E-state index contributed by atoms with van der Waals surface area (Å²) in [4.78, 5) is 114. The molecule has 0 saturated carbocycles. The van der Waals surface area contributed by atoms with Gasteiger partial charge in [-0.25, -0.2) is 9.59 Å². The number of aromatic amines is 2. The fourth-order valence-electron chi connectivity index (χ4n) is 4.29. The van der Waals surface area contributed by atoms with Gasteiger partial charge in [0, 0.05) is 36.4 Å². The van der Waals surface area contributed by atoms with E-state index in [0.717, 1.165) is 9.13 Å². The van der Waals surface area contributed by atoms with Gasteiger partial charge in [0.05, 0.1) is 41.1 Å². The molecule has 4 N–H and O–H groups in total. The molecular formula is C20H26Ca3N4O22P4. The summed E-state index contributed by atoms with van der Waals surface area (Å²) in [5, 5.41) is 19.7. The van der Waals surface area contributed by atoms with E-state index >= 15 is 0 Å². The third kappa shape index (κ3) is 17.7. The van der Waals surface area contributed by atoms with Crippen LogP contribution < -0.4 is 51.9 Å². The number of aliphatic hydroxyl groups excluding tert-OH is 2. The van der Waals surface area contributed by atoms with Crippen LogP contribution in [0.5, 0.6) is 0 Å². The number of aliphatic hydroxyl groups is 2. The number of phosphoric acid groups is 4. The van der Waals surface area contributed by atoms with Crippen LogP contribution in [0.4, 0.5) is 0 Å². The van der Waals surface area contributed by atoms with Crippen molar-refractivity contribution in [3.8, 4) is 0 Å². The van der Waals surface area contributed by atoms with Crippen LogP contribution in [0.15, 0.2) is 31.6 Å². The van der Waals surface area contributed by atoms with Crippen molar-refractivity contribution in [2.24, 2.45) is 0 Å². The number of aromatic nitrogens is 4. The van der Waals surface area contributed by atoms with Gasteiger partial charge in [0.2, 0.25) is 0 Å². The van der Waals surface area contributed by atoms with E-state index in [-0.39, 0.29) is 137 Å². The molecule has 284 valence electrons. The minimum atomic E-state index is -5.82. The van der Waals surface area contributed by atoms with Crippen molar-refractivity contribution >= 4 is 145 Å². The minimum Gasteiger partial charge on any atom is -0.790 e. The van der Waals surface area contributed by atoms with Crippen molar-refractivity contribution in [1.82, 2.24) is 19.1 Å². The van der Waals surface area contributed by atoms with Crippen LogP contribution in [0.2, 0.25) is 0 Å². The summed E-state index contributed by atoms with van der Waals surface area (Å²) < 4.78 is 70.4. The Morgan fingerprint density at radius 3 is 1.26 bits per heavy atom. The molecule has 2 aromatic heterocycles. The van der Waals surface area contributed by atoms with Crippen molar-refractivity contribution in [3.63, 3.8) is 0 Å². The third-order valence-corrected chi connectivity index (χ3v) is 10.6. The molecule has 4 heterocycles. The second kappa shape index (κ2) is 22.2. The maximum atomic E-state index is 11.8. The predicted molar refractivity (Wildman–Crippen MR) is 163 cm³/mol. The molecule has 53 heavy (non-hydrogen) atoms. The molecule has 8 atom stereocenters. The van der Waals surface area contributed by atoms with E-state index in [4.69, 9.17) is 9.47 Å². The minimum absolute atomic E-state index is 0. The van der Waals surface area contributed by atoms with Crippen LogP contribution in [0.25, 0.3) is 0 Å². The summed E-state index contributed by atoms with van der Waals surface area (Å²) in [6, 6.07) is 0. The monoisotopic (exact) mass is 918 g/mol. The van der Waals surface area contributed by atoms with E-state index in [1.165, 1.54) is 26.2 Å². The quantitative estimate of drug-likeness (QED) is 0.113. The maximum absolute atomic E-state index is 11.8. The van der Waals surface area contributed by atoms with Crippen molar-refractivity contribution in [3.05, 3.63) is 65.2 Å². The van der Waals surface area contributed by atoms with Gasteiger partial charge in [0.1, 0.15) is 24.7 Å². The van der Waals surface area contributed by atoms with Crippen LogP contribution in [0.1, 0.15) is 36.4 Å². The van der Waals surface area contributed by atoms with Crippen molar-refractivity contribution < 1.29 is 85.0 Å². The molecular weight excluding hydrogens is 892 g/mol. The Bertz CT molecular complexity index is 1840. The number of hydrogen-bond donors (Lipinski definition) is 4. The number of aryl methyl sites for hydroxylation is 2. The molecule has 2 aliphatic rings. The first kappa shape index (κ1) is 54.5. The van der Waals surface area contributed by atoms with E-state index in [1.807, 2.05) is 9.97 Å². The van der Waals surface area contributed by atoms with Gasteiger partial charge in [0.25, 0.3) is 26.8 Å². The fraction of sp³-hybridized carbons (Fsp3) is 0.600. The van der Waals surface area contributed by atoms with Crippen LogP contribution in [-0.4, -0.2) is 180 Å². The van der Waals surface area contributed by atoms with Crippen LogP contribution in [-0.2, 0) is 45.4 Å². The average Bonchev–Trinajstić information content (AvgIpc) is 3.49. The van der Waals surface area contributed by atoms with E-state index in [0.29, 0.717) is 0 Å². The van der Waals surface area contributed by atoms with E-state index in [1.54, 1.807) is 0 Å². The van der Waals surface area contributed by atoms with Crippen molar-refractivity contribution in [2.45, 2.75) is 63.6 Å². The summed E-state index contributed by atoms with van der Waals surface area (Å²) in [6.45, 7) is 1.18. The summed E-state index contributed by atoms with van der Waals surface area (Å²) in [5.74, 6) is 0. The van der Waals surface area contributed by atoms with Gasteiger partial charge in [0.15, 0.2) is 0 Å². The molecule has 2 unspecified atom stereocenters. The number of rotatable bonds is 12. The molecule has 2 saturated heterocycles. The molecule has 2 aromatic rings. The average molecular weight is 919 g/mol. The molecule has 0 aliphatic carbocycles. The molecule has 0 radical (unpaired) electrons. The topological polar surface area (TPSA) is 412 Å². The summed E-state index contributed by atoms with van der Waals surface area (Å²) in [6.07, 6.45) is -4.96. The summed E-state index contributed by atoms with van der Waals surface area (Å²) >= 11 is 0. The zero-order valence-corrected chi connectivity index (χ0v) is 37.5. The van der Waals surface area contributed by atoms with Crippen molar-refractivity contribution in [2.75, 3.05) is 13.2 Å². The molecule has 26 nitrogen and oxygen atoms in total. The van der Waals surface area contributed by atoms with Crippen LogP contribution in [0, 0.1) is 13.8 Å². The van der Waals surface area contributed by atoms with Gasteiger partial charge < -0.3 is 67.2 Å². The van der Waals surface area contributed by atoms with Crippen LogP contribution in [0.3, 0.4) is 0 Å². The zero-order valence-electron chi connectivity index (χ0n) is 27.3. The third-order valence-electron chi connectivity index (χ3n) is 6.51. The second-order valence-electron chi connectivity index (χ2n) is 10.4. The Balaban J connectivity index is 0.000000966. The van der Waals surface area contributed by atoms with E-state index in [2.05, 4.69) is 17.7 Å². The largest absolute Gasteiger partial charge is 2.00 e. The van der Waals surface area contributed by atoms with Crippen molar-refractivity contribution in [1.29, 1.82) is 0 Å². The SMILES string of the molecule is Cc1cn([C@H]2C[C@H](O)[C@@H](COP(=O)([O-])OP(=O)([O-])[O-])O2)c(=O)[nH]c1=O.Cc1cn([C@H]2C[C@H](O)[C@@H](COP(=O)([O-])OP(=O)([O-])[O-])O2)c(=O)[nH]c1=O.[Ca+2].[Ca+2].[Ca+2]. The molecule has 4 rings (SSSR count). The number of hydrogen-bond acceptors (Lipinski definition) is 22.